The van der Waals surface area contributed by atoms with Crippen LogP contribution in [0.25, 0.3) is 0 Å². The topological polar surface area (TPSA) is 59.1 Å². The fourth-order valence-electron chi connectivity index (χ4n) is 2.30. The third-order valence-corrected chi connectivity index (χ3v) is 3.38. The molecule has 0 saturated heterocycles. The number of hydrazine groups is 1. The summed E-state index contributed by atoms with van der Waals surface area (Å²) < 4.78 is 2.14. The van der Waals surface area contributed by atoms with Crippen molar-refractivity contribution in [3.63, 3.8) is 0 Å². The van der Waals surface area contributed by atoms with Crippen molar-refractivity contribution in [1.29, 1.82) is 0 Å². The number of hydrogen-bond acceptors (Lipinski definition) is 4. The Morgan fingerprint density at radius 3 is 2.55 bits per heavy atom. The average Bonchev–Trinajstić information content (AvgIpc) is 2.89. The van der Waals surface area contributed by atoms with E-state index in [1.807, 2.05) is 26.5 Å². The first-order valence-electron chi connectivity index (χ1n) is 6.91. The highest BCUT2D eigenvalue weighted by Crippen LogP contribution is 2.22. The van der Waals surface area contributed by atoms with Crippen LogP contribution in [0.3, 0.4) is 0 Å². The first-order chi connectivity index (χ1) is 9.67. The summed E-state index contributed by atoms with van der Waals surface area (Å²) in [6.45, 7) is 3.10. The fraction of sp³-hybridized carbons (Fsp3) is 0.400. The van der Waals surface area contributed by atoms with Crippen molar-refractivity contribution in [3.05, 3.63) is 48.0 Å². The third-order valence-electron chi connectivity index (χ3n) is 3.38. The van der Waals surface area contributed by atoms with E-state index in [0.717, 1.165) is 24.4 Å². The molecule has 108 valence electrons. The van der Waals surface area contributed by atoms with Crippen molar-refractivity contribution in [3.8, 4) is 0 Å². The van der Waals surface area contributed by atoms with E-state index in [1.165, 1.54) is 5.69 Å². The molecule has 0 aliphatic heterocycles. The lowest BCUT2D eigenvalue weighted by Gasteiger charge is -2.19. The van der Waals surface area contributed by atoms with Crippen molar-refractivity contribution in [2.45, 2.75) is 25.9 Å². The van der Waals surface area contributed by atoms with E-state index >= 15 is 0 Å². The zero-order chi connectivity index (χ0) is 14.5. The molecule has 1 aromatic heterocycles. The first kappa shape index (κ1) is 14.6. The summed E-state index contributed by atoms with van der Waals surface area (Å²) in [5.41, 5.74) is 5.15. The number of anilines is 1. The van der Waals surface area contributed by atoms with Gasteiger partial charge in [0.1, 0.15) is 11.9 Å². The van der Waals surface area contributed by atoms with Crippen LogP contribution in [0.1, 0.15) is 30.8 Å². The Balaban J connectivity index is 2.29. The summed E-state index contributed by atoms with van der Waals surface area (Å²) in [5.74, 6) is 6.70. The highest BCUT2D eigenvalue weighted by atomic mass is 15.3. The van der Waals surface area contributed by atoms with E-state index < -0.39 is 0 Å². The van der Waals surface area contributed by atoms with Crippen LogP contribution in [0.2, 0.25) is 0 Å². The smallest absolute Gasteiger partial charge is 0.131 e. The quantitative estimate of drug-likeness (QED) is 0.623. The maximum Gasteiger partial charge on any atom is 0.131 e. The number of imidazole rings is 1. The number of nitrogens with one attached hydrogen (secondary N) is 1. The Hall–Kier alpha value is -1.85. The molecule has 0 aliphatic rings. The minimum absolute atomic E-state index is 0.0900. The highest BCUT2D eigenvalue weighted by molar-refractivity contribution is 5.47. The summed E-state index contributed by atoms with van der Waals surface area (Å²) in [6.07, 6.45) is 4.89. The van der Waals surface area contributed by atoms with E-state index in [0.29, 0.717) is 0 Å². The molecular weight excluding hydrogens is 250 g/mol. The summed E-state index contributed by atoms with van der Waals surface area (Å²) >= 11 is 0. The summed E-state index contributed by atoms with van der Waals surface area (Å²) in [5, 5.41) is 0. The summed E-state index contributed by atoms with van der Waals surface area (Å²) in [6, 6.07) is 8.27. The second-order valence-electron chi connectivity index (χ2n) is 5.06. The van der Waals surface area contributed by atoms with Gasteiger partial charge in [0.15, 0.2) is 0 Å². The second kappa shape index (κ2) is 6.54. The summed E-state index contributed by atoms with van der Waals surface area (Å²) in [4.78, 5) is 6.53. The maximum atomic E-state index is 5.75. The van der Waals surface area contributed by atoms with Gasteiger partial charge in [0.05, 0.1) is 0 Å². The van der Waals surface area contributed by atoms with Crippen LogP contribution in [-0.2, 0) is 6.54 Å². The van der Waals surface area contributed by atoms with Gasteiger partial charge < -0.3 is 9.47 Å². The molecule has 0 bridgehead atoms. The molecule has 2 aromatic rings. The number of aryl methyl sites for hydroxylation is 1. The lowest BCUT2D eigenvalue weighted by Crippen LogP contribution is -2.31. The molecule has 0 saturated carbocycles. The minimum Gasteiger partial charge on any atom is -0.378 e. The van der Waals surface area contributed by atoms with Gasteiger partial charge in [-0.1, -0.05) is 19.1 Å². The van der Waals surface area contributed by atoms with Gasteiger partial charge in [0.25, 0.3) is 0 Å². The van der Waals surface area contributed by atoms with Gasteiger partial charge in [-0.15, -0.1) is 0 Å². The van der Waals surface area contributed by atoms with Crippen molar-refractivity contribution >= 4 is 5.69 Å². The molecule has 0 radical (unpaired) electrons. The molecule has 0 spiro atoms. The molecule has 5 heteroatoms. The number of rotatable bonds is 6. The van der Waals surface area contributed by atoms with Crippen LogP contribution in [-0.4, -0.2) is 23.6 Å². The van der Waals surface area contributed by atoms with Gasteiger partial charge in [-0.2, -0.15) is 0 Å². The molecule has 0 aliphatic carbocycles. The number of nitrogens with zero attached hydrogens (tertiary/aromatic N) is 3. The molecule has 2 rings (SSSR count). The van der Waals surface area contributed by atoms with Gasteiger partial charge in [0, 0.05) is 38.7 Å². The predicted molar refractivity (Wildman–Crippen MR) is 82.5 cm³/mol. The van der Waals surface area contributed by atoms with Crippen LogP contribution < -0.4 is 16.2 Å². The van der Waals surface area contributed by atoms with E-state index in [9.17, 15) is 0 Å². The Bertz CT molecular complexity index is 529. The van der Waals surface area contributed by atoms with Crippen LogP contribution >= 0.6 is 0 Å². The normalized spacial score (nSPS) is 12.4. The van der Waals surface area contributed by atoms with Crippen LogP contribution in [0.4, 0.5) is 5.69 Å². The number of nitrogens with two attached hydrogens (primary N) is 1. The van der Waals surface area contributed by atoms with Crippen molar-refractivity contribution in [2.24, 2.45) is 5.84 Å². The van der Waals surface area contributed by atoms with E-state index in [1.54, 1.807) is 0 Å². The second-order valence-corrected chi connectivity index (χ2v) is 5.06. The minimum atomic E-state index is -0.0900. The van der Waals surface area contributed by atoms with Crippen molar-refractivity contribution < 1.29 is 0 Å². The standard InChI is InChI=1S/C15H23N5/c1-4-10-20-11-9-17-15(20)14(18-16)12-5-7-13(8-6-12)19(2)3/h5-9,11,14,18H,4,10,16H2,1-3H3. The van der Waals surface area contributed by atoms with Crippen molar-refractivity contribution in [1.82, 2.24) is 15.0 Å². The highest BCUT2D eigenvalue weighted by Gasteiger charge is 2.17. The molecule has 1 atom stereocenters. The Morgan fingerprint density at radius 2 is 2.00 bits per heavy atom. The van der Waals surface area contributed by atoms with Crippen molar-refractivity contribution in [2.75, 3.05) is 19.0 Å². The van der Waals surface area contributed by atoms with Gasteiger partial charge in [-0.3, -0.25) is 5.84 Å². The van der Waals surface area contributed by atoms with Gasteiger partial charge in [-0.25, -0.2) is 10.4 Å². The van der Waals surface area contributed by atoms with E-state index in [-0.39, 0.29) is 6.04 Å². The number of aromatic nitrogens is 2. The molecule has 20 heavy (non-hydrogen) atoms. The summed E-state index contributed by atoms with van der Waals surface area (Å²) in [7, 11) is 4.06. The van der Waals surface area contributed by atoms with E-state index in [4.69, 9.17) is 5.84 Å². The molecule has 1 heterocycles. The lowest BCUT2D eigenvalue weighted by atomic mass is 10.1. The monoisotopic (exact) mass is 273 g/mol. The van der Waals surface area contributed by atoms with Crippen LogP contribution in [0.5, 0.6) is 0 Å². The predicted octanol–water partition coefficient (Wildman–Crippen LogP) is 1.91. The Labute approximate surface area is 120 Å². The largest absolute Gasteiger partial charge is 0.378 e. The maximum absolute atomic E-state index is 5.75. The Morgan fingerprint density at radius 1 is 1.30 bits per heavy atom. The molecule has 1 aromatic carbocycles. The lowest BCUT2D eigenvalue weighted by molar-refractivity contribution is 0.545. The fourth-order valence-corrected chi connectivity index (χ4v) is 2.30. The number of benzene rings is 1. The molecular formula is C15H23N5. The van der Waals surface area contributed by atoms with E-state index in [2.05, 4.69) is 51.1 Å². The van der Waals surface area contributed by atoms with Gasteiger partial charge >= 0.3 is 0 Å². The SMILES string of the molecule is CCCn1ccnc1C(NN)c1ccc(N(C)C)cc1. The molecule has 3 N–H and O–H groups in total. The Kier molecular flexibility index (Phi) is 4.76. The van der Waals surface area contributed by atoms with Gasteiger partial charge in [-0.05, 0) is 24.1 Å². The molecule has 5 nitrogen and oxygen atoms in total. The molecule has 0 fully saturated rings. The molecule has 1 unspecified atom stereocenters. The van der Waals surface area contributed by atoms with Gasteiger partial charge in [0.2, 0.25) is 0 Å². The van der Waals surface area contributed by atoms with Crippen LogP contribution in [0, 0.1) is 0 Å². The molecule has 0 amide bonds. The van der Waals surface area contributed by atoms with Crippen LogP contribution in [0.15, 0.2) is 36.7 Å². The first-order valence-corrected chi connectivity index (χ1v) is 6.91. The zero-order valence-electron chi connectivity index (χ0n) is 12.4. The average molecular weight is 273 g/mol. The zero-order valence-corrected chi connectivity index (χ0v) is 12.4. The third kappa shape index (κ3) is 3.00. The number of hydrogen-bond donors (Lipinski definition) is 2.